The quantitative estimate of drug-likeness (QED) is 0.750. The van der Waals surface area contributed by atoms with Gasteiger partial charge in [0.1, 0.15) is 17.3 Å². The molecule has 27 heavy (non-hydrogen) atoms. The van der Waals surface area contributed by atoms with Crippen molar-refractivity contribution in [3.8, 4) is 11.4 Å². The van der Waals surface area contributed by atoms with Crippen molar-refractivity contribution in [2.75, 3.05) is 31.6 Å². The first-order valence-corrected chi connectivity index (χ1v) is 8.87. The van der Waals surface area contributed by atoms with E-state index in [0.29, 0.717) is 50.2 Å². The number of amides is 1. The Labute approximate surface area is 157 Å². The molecule has 0 bridgehead atoms. The van der Waals surface area contributed by atoms with Crippen LogP contribution in [0.1, 0.15) is 16.2 Å². The first kappa shape index (κ1) is 17.2. The van der Waals surface area contributed by atoms with Gasteiger partial charge in [0, 0.05) is 24.7 Å². The van der Waals surface area contributed by atoms with E-state index in [-0.39, 0.29) is 5.91 Å². The van der Waals surface area contributed by atoms with E-state index in [9.17, 15) is 4.79 Å². The van der Waals surface area contributed by atoms with Gasteiger partial charge in [0.25, 0.3) is 5.91 Å². The van der Waals surface area contributed by atoms with Crippen molar-refractivity contribution in [3.05, 3.63) is 66.2 Å². The Morgan fingerprint density at radius 3 is 2.63 bits per heavy atom. The number of furan rings is 1. The molecule has 0 unspecified atom stereocenters. The number of nitrogens with zero attached hydrogens (tertiary/aromatic N) is 3. The lowest BCUT2D eigenvalue weighted by molar-refractivity contribution is 0.0299. The molecule has 1 amide bonds. The largest absolute Gasteiger partial charge is 0.467 e. The molecule has 1 fully saturated rings. The number of morpholine rings is 1. The summed E-state index contributed by atoms with van der Waals surface area (Å²) >= 11 is 0. The van der Waals surface area contributed by atoms with Crippen LogP contribution in [-0.2, 0) is 11.3 Å². The van der Waals surface area contributed by atoms with Crippen LogP contribution in [0.4, 0.5) is 5.82 Å². The highest BCUT2D eigenvalue weighted by Gasteiger charge is 2.21. The van der Waals surface area contributed by atoms with Crippen LogP contribution in [-0.4, -0.2) is 47.1 Å². The van der Waals surface area contributed by atoms with Crippen LogP contribution >= 0.6 is 0 Å². The van der Waals surface area contributed by atoms with Crippen molar-refractivity contribution >= 4 is 11.7 Å². The highest BCUT2D eigenvalue weighted by atomic mass is 16.5. The standard InChI is InChI=1S/C20H20N4O3/c25-20(24-8-11-26-12-9-24)17-13-18(21-14-16-7-4-10-27-16)23-19(22-17)15-5-2-1-3-6-15/h1-7,10,13H,8-9,11-12,14H2,(H,21,22,23). The predicted octanol–water partition coefficient (Wildman–Crippen LogP) is 2.82. The molecular formula is C20H20N4O3. The number of hydrogen-bond donors (Lipinski definition) is 1. The topological polar surface area (TPSA) is 80.5 Å². The molecule has 7 nitrogen and oxygen atoms in total. The molecule has 1 aliphatic rings. The van der Waals surface area contributed by atoms with Gasteiger partial charge in [0.2, 0.25) is 0 Å². The zero-order chi connectivity index (χ0) is 18.5. The van der Waals surface area contributed by atoms with Gasteiger partial charge in [-0.1, -0.05) is 30.3 Å². The van der Waals surface area contributed by atoms with Gasteiger partial charge in [-0.25, -0.2) is 9.97 Å². The average molecular weight is 364 g/mol. The van der Waals surface area contributed by atoms with Crippen LogP contribution in [0.2, 0.25) is 0 Å². The summed E-state index contributed by atoms with van der Waals surface area (Å²) in [6.45, 7) is 2.71. The SMILES string of the molecule is O=C(c1cc(NCc2ccco2)nc(-c2ccccc2)n1)N1CCOCC1. The zero-order valence-corrected chi connectivity index (χ0v) is 14.8. The number of rotatable bonds is 5. The van der Waals surface area contributed by atoms with E-state index < -0.39 is 0 Å². The molecule has 3 aromatic rings. The van der Waals surface area contributed by atoms with Crippen molar-refractivity contribution in [1.29, 1.82) is 0 Å². The van der Waals surface area contributed by atoms with Crippen molar-refractivity contribution in [3.63, 3.8) is 0 Å². The molecule has 0 spiro atoms. The minimum Gasteiger partial charge on any atom is -0.467 e. The van der Waals surface area contributed by atoms with Gasteiger partial charge in [-0.2, -0.15) is 0 Å². The number of nitrogens with one attached hydrogen (secondary N) is 1. The number of carbonyl (C=O) groups is 1. The van der Waals surface area contributed by atoms with Crippen LogP contribution in [0.15, 0.2) is 59.2 Å². The minimum absolute atomic E-state index is 0.112. The molecule has 1 N–H and O–H groups in total. The first-order chi connectivity index (χ1) is 13.3. The van der Waals surface area contributed by atoms with E-state index in [0.717, 1.165) is 11.3 Å². The van der Waals surface area contributed by atoms with Gasteiger partial charge in [0.15, 0.2) is 5.82 Å². The fourth-order valence-corrected chi connectivity index (χ4v) is 2.88. The highest BCUT2D eigenvalue weighted by Crippen LogP contribution is 2.19. The van der Waals surface area contributed by atoms with Crippen LogP contribution in [0.5, 0.6) is 0 Å². The van der Waals surface area contributed by atoms with Crippen molar-refractivity contribution in [2.24, 2.45) is 0 Å². The molecular weight excluding hydrogens is 344 g/mol. The number of ether oxygens (including phenoxy) is 1. The summed E-state index contributed by atoms with van der Waals surface area (Å²) in [6.07, 6.45) is 1.62. The summed E-state index contributed by atoms with van der Waals surface area (Å²) in [5, 5.41) is 3.22. The Kier molecular flexibility index (Phi) is 5.11. The second-order valence-corrected chi connectivity index (χ2v) is 6.17. The molecule has 0 atom stereocenters. The van der Waals surface area contributed by atoms with Crippen LogP contribution in [0.25, 0.3) is 11.4 Å². The Balaban J connectivity index is 1.64. The van der Waals surface area contributed by atoms with Gasteiger partial charge in [-0.05, 0) is 12.1 Å². The molecule has 0 aliphatic carbocycles. The molecule has 0 radical (unpaired) electrons. The van der Waals surface area contributed by atoms with E-state index >= 15 is 0 Å². The summed E-state index contributed by atoms with van der Waals surface area (Å²) in [6, 6.07) is 15.0. The molecule has 3 heterocycles. The molecule has 1 aliphatic heterocycles. The summed E-state index contributed by atoms with van der Waals surface area (Å²) in [4.78, 5) is 23.8. The monoisotopic (exact) mass is 364 g/mol. The Morgan fingerprint density at radius 1 is 1.07 bits per heavy atom. The molecule has 0 saturated carbocycles. The van der Waals surface area contributed by atoms with Gasteiger partial charge in [-0.3, -0.25) is 4.79 Å². The molecule has 2 aromatic heterocycles. The van der Waals surface area contributed by atoms with E-state index in [1.165, 1.54) is 0 Å². The third-order valence-electron chi connectivity index (χ3n) is 4.30. The lowest BCUT2D eigenvalue weighted by Gasteiger charge is -2.26. The summed E-state index contributed by atoms with van der Waals surface area (Å²) in [7, 11) is 0. The van der Waals surface area contributed by atoms with E-state index in [1.807, 2.05) is 42.5 Å². The fourth-order valence-electron chi connectivity index (χ4n) is 2.88. The van der Waals surface area contributed by atoms with Gasteiger partial charge in [-0.15, -0.1) is 0 Å². The Morgan fingerprint density at radius 2 is 1.89 bits per heavy atom. The van der Waals surface area contributed by atoms with Crippen molar-refractivity contribution < 1.29 is 13.9 Å². The van der Waals surface area contributed by atoms with Crippen LogP contribution in [0.3, 0.4) is 0 Å². The van der Waals surface area contributed by atoms with E-state index in [1.54, 1.807) is 17.2 Å². The summed E-state index contributed by atoms with van der Waals surface area (Å²) < 4.78 is 10.7. The van der Waals surface area contributed by atoms with E-state index in [4.69, 9.17) is 9.15 Å². The lowest BCUT2D eigenvalue weighted by atomic mass is 10.2. The maximum atomic E-state index is 12.9. The normalized spacial score (nSPS) is 14.1. The van der Waals surface area contributed by atoms with Crippen LogP contribution < -0.4 is 5.32 Å². The van der Waals surface area contributed by atoms with Gasteiger partial charge < -0.3 is 19.4 Å². The average Bonchev–Trinajstić information content (AvgIpc) is 3.26. The fraction of sp³-hybridized carbons (Fsp3) is 0.250. The predicted molar refractivity (Wildman–Crippen MR) is 100 cm³/mol. The second kappa shape index (κ2) is 8.01. The zero-order valence-electron chi connectivity index (χ0n) is 14.8. The molecule has 1 saturated heterocycles. The van der Waals surface area contributed by atoms with E-state index in [2.05, 4.69) is 15.3 Å². The smallest absolute Gasteiger partial charge is 0.272 e. The Bertz CT molecular complexity index is 891. The first-order valence-electron chi connectivity index (χ1n) is 8.87. The van der Waals surface area contributed by atoms with Crippen LogP contribution in [0, 0.1) is 0 Å². The maximum absolute atomic E-state index is 12.9. The number of benzene rings is 1. The molecule has 138 valence electrons. The Hall–Kier alpha value is -3.19. The molecule has 1 aromatic carbocycles. The van der Waals surface area contributed by atoms with Crippen molar-refractivity contribution in [1.82, 2.24) is 14.9 Å². The second-order valence-electron chi connectivity index (χ2n) is 6.17. The third-order valence-corrected chi connectivity index (χ3v) is 4.30. The van der Waals surface area contributed by atoms with Crippen molar-refractivity contribution in [2.45, 2.75) is 6.54 Å². The minimum atomic E-state index is -0.112. The molecule has 7 heteroatoms. The number of hydrogen-bond acceptors (Lipinski definition) is 6. The molecule has 4 rings (SSSR count). The highest BCUT2D eigenvalue weighted by molar-refractivity contribution is 5.93. The number of aromatic nitrogens is 2. The van der Waals surface area contributed by atoms with Gasteiger partial charge in [0.05, 0.1) is 26.0 Å². The lowest BCUT2D eigenvalue weighted by Crippen LogP contribution is -2.41. The third kappa shape index (κ3) is 4.15. The van der Waals surface area contributed by atoms with Gasteiger partial charge >= 0.3 is 0 Å². The maximum Gasteiger partial charge on any atom is 0.272 e. The number of carbonyl (C=O) groups excluding carboxylic acids is 1. The number of anilines is 1. The summed E-state index contributed by atoms with van der Waals surface area (Å²) in [5.74, 6) is 1.77. The summed E-state index contributed by atoms with van der Waals surface area (Å²) in [5.41, 5.74) is 1.22.